The lowest BCUT2D eigenvalue weighted by atomic mass is 10.1. The van der Waals surface area contributed by atoms with Crippen molar-refractivity contribution in [2.24, 2.45) is 0 Å². The predicted molar refractivity (Wildman–Crippen MR) is 63.4 cm³/mol. The van der Waals surface area contributed by atoms with Gasteiger partial charge in [0.15, 0.2) is 11.6 Å². The first kappa shape index (κ1) is 12.3. The molecule has 88 valence electrons. The van der Waals surface area contributed by atoms with Gasteiger partial charge in [-0.25, -0.2) is 8.78 Å². The molecule has 0 bridgehead atoms. The summed E-state index contributed by atoms with van der Waals surface area (Å²) in [5.74, 6) is -1.75. The van der Waals surface area contributed by atoms with Crippen LogP contribution in [-0.4, -0.2) is 4.98 Å². The van der Waals surface area contributed by atoms with Crippen molar-refractivity contribution in [3.63, 3.8) is 0 Å². The fraction of sp³-hybridized carbons (Fsp3) is 0.0833. The molecular formula is C12H7Cl2F2N. The van der Waals surface area contributed by atoms with E-state index in [1.54, 1.807) is 6.07 Å². The van der Waals surface area contributed by atoms with E-state index in [1.807, 2.05) is 0 Å². The van der Waals surface area contributed by atoms with Crippen LogP contribution in [0.5, 0.6) is 0 Å². The quantitative estimate of drug-likeness (QED) is 0.797. The maximum atomic E-state index is 13.0. The minimum atomic E-state index is -0.882. The molecule has 0 aliphatic carbocycles. The molecule has 0 radical (unpaired) electrons. The monoisotopic (exact) mass is 273 g/mol. The summed E-state index contributed by atoms with van der Waals surface area (Å²) < 4.78 is 25.7. The zero-order valence-corrected chi connectivity index (χ0v) is 10.1. The third-order valence-corrected chi connectivity index (χ3v) is 2.77. The maximum Gasteiger partial charge on any atom is 0.159 e. The van der Waals surface area contributed by atoms with Crippen LogP contribution in [0, 0.1) is 11.6 Å². The first-order valence-corrected chi connectivity index (χ1v) is 5.55. The summed E-state index contributed by atoms with van der Waals surface area (Å²) in [5.41, 5.74) is 1.17. The Morgan fingerprint density at radius 3 is 2.47 bits per heavy atom. The second kappa shape index (κ2) is 4.98. The van der Waals surface area contributed by atoms with E-state index in [4.69, 9.17) is 23.2 Å². The molecule has 1 aromatic heterocycles. The van der Waals surface area contributed by atoms with Crippen LogP contribution in [-0.2, 0) is 6.42 Å². The molecule has 1 aromatic carbocycles. The number of halogens is 4. The van der Waals surface area contributed by atoms with E-state index in [2.05, 4.69) is 4.98 Å². The van der Waals surface area contributed by atoms with Crippen molar-refractivity contribution in [1.29, 1.82) is 0 Å². The van der Waals surface area contributed by atoms with E-state index in [-0.39, 0.29) is 0 Å². The van der Waals surface area contributed by atoms with Crippen molar-refractivity contribution >= 4 is 23.2 Å². The molecule has 17 heavy (non-hydrogen) atoms. The molecule has 1 heterocycles. The lowest BCUT2D eigenvalue weighted by Crippen LogP contribution is -1.95. The van der Waals surface area contributed by atoms with Crippen LogP contribution in [0.2, 0.25) is 10.0 Å². The number of pyridine rings is 1. The molecule has 0 saturated heterocycles. The normalized spacial score (nSPS) is 10.6. The van der Waals surface area contributed by atoms with Crippen LogP contribution in [0.1, 0.15) is 11.3 Å². The van der Waals surface area contributed by atoms with E-state index in [0.29, 0.717) is 27.7 Å². The topological polar surface area (TPSA) is 12.9 Å². The highest BCUT2D eigenvalue weighted by atomic mass is 35.5. The van der Waals surface area contributed by atoms with Gasteiger partial charge in [0.05, 0.1) is 15.7 Å². The van der Waals surface area contributed by atoms with E-state index in [9.17, 15) is 8.78 Å². The second-order valence-corrected chi connectivity index (χ2v) is 4.35. The van der Waals surface area contributed by atoms with E-state index in [1.165, 1.54) is 12.3 Å². The molecule has 5 heteroatoms. The Bertz CT molecular complexity index is 558. The van der Waals surface area contributed by atoms with Gasteiger partial charge >= 0.3 is 0 Å². The van der Waals surface area contributed by atoms with Crippen LogP contribution in [0.25, 0.3) is 0 Å². The van der Waals surface area contributed by atoms with Gasteiger partial charge in [0.25, 0.3) is 0 Å². The van der Waals surface area contributed by atoms with E-state index in [0.717, 1.165) is 12.1 Å². The van der Waals surface area contributed by atoms with Crippen molar-refractivity contribution in [1.82, 2.24) is 4.98 Å². The summed E-state index contributed by atoms with van der Waals surface area (Å²) in [4.78, 5) is 4.05. The largest absolute Gasteiger partial charge is 0.258 e. The molecule has 0 unspecified atom stereocenters. The fourth-order valence-electron chi connectivity index (χ4n) is 1.42. The number of nitrogens with zero attached hydrogens (tertiary/aromatic N) is 1. The van der Waals surface area contributed by atoms with Crippen molar-refractivity contribution in [2.45, 2.75) is 6.42 Å². The van der Waals surface area contributed by atoms with Crippen LogP contribution < -0.4 is 0 Å². The molecule has 0 amide bonds. The van der Waals surface area contributed by atoms with Gasteiger partial charge in [0, 0.05) is 12.6 Å². The summed E-state index contributed by atoms with van der Waals surface area (Å²) in [5, 5.41) is 0.839. The fourth-order valence-corrected chi connectivity index (χ4v) is 1.86. The highest BCUT2D eigenvalue weighted by Gasteiger charge is 2.07. The number of hydrogen-bond acceptors (Lipinski definition) is 1. The summed E-state index contributed by atoms with van der Waals surface area (Å²) in [6.45, 7) is 0. The first-order valence-electron chi connectivity index (χ1n) is 4.80. The smallest absolute Gasteiger partial charge is 0.159 e. The van der Waals surface area contributed by atoms with Gasteiger partial charge < -0.3 is 0 Å². The Morgan fingerprint density at radius 1 is 1.06 bits per heavy atom. The van der Waals surface area contributed by atoms with Gasteiger partial charge in [-0.3, -0.25) is 4.98 Å². The maximum absolute atomic E-state index is 13.0. The van der Waals surface area contributed by atoms with Gasteiger partial charge in [-0.1, -0.05) is 29.3 Å². The van der Waals surface area contributed by atoms with Crippen molar-refractivity contribution < 1.29 is 8.78 Å². The Hall–Kier alpha value is -1.19. The van der Waals surface area contributed by atoms with Crippen molar-refractivity contribution in [3.8, 4) is 0 Å². The Morgan fingerprint density at radius 2 is 1.82 bits per heavy atom. The molecule has 2 aromatic rings. The molecule has 0 aliphatic heterocycles. The average molecular weight is 274 g/mol. The first-order chi connectivity index (χ1) is 8.06. The number of hydrogen-bond donors (Lipinski definition) is 0. The van der Waals surface area contributed by atoms with Crippen molar-refractivity contribution in [3.05, 3.63) is 63.4 Å². The molecular weight excluding hydrogens is 267 g/mol. The molecule has 0 saturated carbocycles. The van der Waals surface area contributed by atoms with Crippen LogP contribution in [0.3, 0.4) is 0 Å². The standard InChI is InChI=1S/C12H7Cl2F2N/c13-8-5-9(14)12(17-6-8)4-7-1-2-10(15)11(16)3-7/h1-3,5-6H,4H2. The Balaban J connectivity index is 2.28. The SMILES string of the molecule is Fc1ccc(Cc2ncc(Cl)cc2Cl)cc1F. The predicted octanol–water partition coefficient (Wildman–Crippen LogP) is 4.26. The third-order valence-electron chi connectivity index (χ3n) is 2.24. The van der Waals surface area contributed by atoms with E-state index >= 15 is 0 Å². The van der Waals surface area contributed by atoms with Crippen molar-refractivity contribution in [2.75, 3.05) is 0 Å². The highest BCUT2D eigenvalue weighted by Crippen LogP contribution is 2.21. The van der Waals surface area contributed by atoms with Gasteiger partial charge in [-0.05, 0) is 23.8 Å². The Labute approximate surface area is 107 Å². The van der Waals surface area contributed by atoms with Crippen LogP contribution in [0.15, 0.2) is 30.5 Å². The summed E-state index contributed by atoms with van der Waals surface area (Å²) in [6, 6.07) is 5.26. The zero-order chi connectivity index (χ0) is 12.4. The minimum absolute atomic E-state index is 0.327. The van der Waals surface area contributed by atoms with Gasteiger partial charge in [-0.15, -0.1) is 0 Å². The van der Waals surface area contributed by atoms with E-state index < -0.39 is 11.6 Å². The molecule has 0 atom stereocenters. The summed E-state index contributed by atoms with van der Waals surface area (Å²) in [6.07, 6.45) is 1.79. The molecule has 0 spiro atoms. The number of aromatic nitrogens is 1. The molecule has 0 N–H and O–H groups in total. The molecule has 0 aliphatic rings. The Kier molecular flexibility index (Phi) is 3.60. The third kappa shape index (κ3) is 2.93. The zero-order valence-electron chi connectivity index (χ0n) is 8.55. The van der Waals surface area contributed by atoms with Gasteiger partial charge in [-0.2, -0.15) is 0 Å². The van der Waals surface area contributed by atoms with Gasteiger partial charge in [0.1, 0.15) is 0 Å². The average Bonchev–Trinajstić information content (AvgIpc) is 2.27. The van der Waals surface area contributed by atoms with Crippen LogP contribution >= 0.6 is 23.2 Å². The van der Waals surface area contributed by atoms with Crippen LogP contribution in [0.4, 0.5) is 8.78 Å². The second-order valence-electron chi connectivity index (χ2n) is 3.51. The number of benzene rings is 1. The molecule has 1 nitrogen and oxygen atoms in total. The lowest BCUT2D eigenvalue weighted by molar-refractivity contribution is 0.507. The summed E-state index contributed by atoms with van der Waals surface area (Å²) >= 11 is 11.6. The molecule has 0 fully saturated rings. The summed E-state index contributed by atoms with van der Waals surface area (Å²) in [7, 11) is 0. The minimum Gasteiger partial charge on any atom is -0.258 e. The molecule has 2 rings (SSSR count). The lowest BCUT2D eigenvalue weighted by Gasteiger charge is -2.04. The highest BCUT2D eigenvalue weighted by molar-refractivity contribution is 6.34. The number of rotatable bonds is 2. The van der Waals surface area contributed by atoms with Gasteiger partial charge in [0.2, 0.25) is 0 Å².